The lowest BCUT2D eigenvalue weighted by molar-refractivity contribution is 0.0596. The predicted octanol–water partition coefficient (Wildman–Crippen LogP) is 1.10. The van der Waals surface area contributed by atoms with Gasteiger partial charge in [0.1, 0.15) is 5.82 Å². The molecule has 0 saturated carbocycles. The largest absolute Gasteiger partial charge is 0.465 e. The van der Waals surface area contributed by atoms with Gasteiger partial charge in [0.05, 0.1) is 19.3 Å². The van der Waals surface area contributed by atoms with Gasteiger partial charge in [-0.1, -0.05) is 6.07 Å². The lowest BCUT2D eigenvalue weighted by Crippen LogP contribution is -2.06. The van der Waals surface area contributed by atoms with Crippen LogP contribution in [0, 0.1) is 5.82 Å². The second kappa shape index (κ2) is 4.00. The van der Waals surface area contributed by atoms with Gasteiger partial charge in [0.2, 0.25) is 0 Å². The zero-order chi connectivity index (χ0) is 9.84. The van der Waals surface area contributed by atoms with Crippen molar-refractivity contribution < 1.29 is 19.0 Å². The van der Waals surface area contributed by atoms with Gasteiger partial charge in [-0.2, -0.15) is 0 Å². The molecule has 0 fully saturated rings. The second-order valence-corrected chi connectivity index (χ2v) is 2.45. The van der Waals surface area contributed by atoms with Crippen molar-refractivity contribution in [2.24, 2.45) is 0 Å². The maximum Gasteiger partial charge on any atom is 0.338 e. The first-order valence-corrected chi connectivity index (χ1v) is 3.66. The standard InChI is InChI=1S/C9H9FO3/c1-13-9(12)8-4-7(10)3-2-6(8)5-11/h2-4,11H,5H2,1H3. The fraction of sp³-hybridized carbons (Fsp3) is 0.222. The molecule has 0 spiro atoms. The fourth-order valence-electron chi connectivity index (χ4n) is 0.987. The van der Waals surface area contributed by atoms with Crippen molar-refractivity contribution in [2.45, 2.75) is 6.61 Å². The number of hydrogen-bond acceptors (Lipinski definition) is 3. The minimum Gasteiger partial charge on any atom is -0.465 e. The summed E-state index contributed by atoms with van der Waals surface area (Å²) in [6.07, 6.45) is 0. The molecule has 1 N–H and O–H groups in total. The first kappa shape index (κ1) is 9.67. The van der Waals surface area contributed by atoms with Crippen LogP contribution in [0.15, 0.2) is 18.2 Å². The number of methoxy groups -OCH3 is 1. The van der Waals surface area contributed by atoms with Crippen LogP contribution < -0.4 is 0 Å². The van der Waals surface area contributed by atoms with Crippen molar-refractivity contribution in [3.05, 3.63) is 35.1 Å². The van der Waals surface area contributed by atoms with Gasteiger partial charge in [-0.15, -0.1) is 0 Å². The number of benzene rings is 1. The van der Waals surface area contributed by atoms with Gasteiger partial charge in [-0.25, -0.2) is 9.18 Å². The third kappa shape index (κ3) is 2.03. The molecular weight excluding hydrogens is 175 g/mol. The van der Waals surface area contributed by atoms with Gasteiger partial charge in [-0.3, -0.25) is 0 Å². The van der Waals surface area contributed by atoms with E-state index in [9.17, 15) is 9.18 Å². The zero-order valence-electron chi connectivity index (χ0n) is 7.08. The summed E-state index contributed by atoms with van der Waals surface area (Å²) in [5.41, 5.74) is 0.415. The molecule has 4 heteroatoms. The minimum absolute atomic E-state index is 0.0602. The maximum absolute atomic E-state index is 12.7. The van der Waals surface area contributed by atoms with Crippen LogP contribution in [-0.2, 0) is 11.3 Å². The summed E-state index contributed by atoms with van der Waals surface area (Å²) in [5, 5.41) is 8.82. The molecule has 0 amide bonds. The van der Waals surface area contributed by atoms with E-state index in [4.69, 9.17) is 5.11 Å². The second-order valence-electron chi connectivity index (χ2n) is 2.45. The number of aliphatic hydroxyl groups excluding tert-OH is 1. The molecule has 0 bridgehead atoms. The Hall–Kier alpha value is -1.42. The molecule has 1 rings (SSSR count). The number of aliphatic hydroxyl groups is 1. The number of rotatable bonds is 2. The molecular formula is C9H9FO3. The van der Waals surface area contributed by atoms with Crippen molar-refractivity contribution in [1.82, 2.24) is 0 Å². The average Bonchev–Trinajstić information content (AvgIpc) is 2.16. The predicted molar refractivity (Wildman–Crippen MR) is 43.7 cm³/mol. The van der Waals surface area contributed by atoms with Crippen LogP contribution in [0.3, 0.4) is 0 Å². The van der Waals surface area contributed by atoms with Gasteiger partial charge >= 0.3 is 5.97 Å². The topological polar surface area (TPSA) is 46.5 Å². The lowest BCUT2D eigenvalue weighted by Gasteiger charge is -2.04. The molecule has 3 nitrogen and oxygen atoms in total. The quantitative estimate of drug-likeness (QED) is 0.700. The number of ether oxygens (including phenoxy) is 1. The first-order valence-electron chi connectivity index (χ1n) is 3.66. The monoisotopic (exact) mass is 184 g/mol. The van der Waals surface area contributed by atoms with Gasteiger partial charge < -0.3 is 9.84 Å². The third-order valence-electron chi connectivity index (χ3n) is 1.65. The Bertz CT molecular complexity index is 323. The van der Waals surface area contributed by atoms with Crippen LogP contribution in [-0.4, -0.2) is 18.2 Å². The Labute approximate surface area is 74.8 Å². The molecule has 0 radical (unpaired) electrons. The van der Waals surface area contributed by atoms with E-state index in [-0.39, 0.29) is 12.2 Å². The number of carbonyl (C=O) groups excluding carboxylic acids is 1. The molecule has 1 aromatic rings. The Morgan fingerprint density at radius 3 is 2.85 bits per heavy atom. The lowest BCUT2D eigenvalue weighted by atomic mass is 10.1. The van der Waals surface area contributed by atoms with E-state index in [1.165, 1.54) is 19.2 Å². The van der Waals surface area contributed by atoms with E-state index in [2.05, 4.69) is 4.74 Å². The van der Waals surface area contributed by atoms with Crippen molar-refractivity contribution >= 4 is 5.97 Å². The van der Waals surface area contributed by atoms with Crippen molar-refractivity contribution in [3.8, 4) is 0 Å². The molecule has 0 aliphatic heterocycles. The van der Waals surface area contributed by atoms with E-state index in [1.807, 2.05) is 0 Å². The maximum atomic E-state index is 12.7. The molecule has 0 unspecified atom stereocenters. The highest BCUT2D eigenvalue weighted by atomic mass is 19.1. The average molecular weight is 184 g/mol. The highest BCUT2D eigenvalue weighted by Gasteiger charge is 2.11. The molecule has 13 heavy (non-hydrogen) atoms. The van der Waals surface area contributed by atoms with Crippen molar-refractivity contribution in [1.29, 1.82) is 0 Å². The van der Waals surface area contributed by atoms with E-state index in [0.717, 1.165) is 6.07 Å². The molecule has 70 valence electrons. The number of esters is 1. The summed E-state index contributed by atoms with van der Waals surface area (Å²) in [6, 6.07) is 3.57. The smallest absolute Gasteiger partial charge is 0.338 e. The summed E-state index contributed by atoms with van der Waals surface area (Å²) in [5.74, 6) is -1.18. The van der Waals surface area contributed by atoms with Crippen LogP contribution >= 0.6 is 0 Å². The van der Waals surface area contributed by atoms with Gasteiger partial charge in [-0.05, 0) is 17.7 Å². The number of carbonyl (C=O) groups is 1. The van der Waals surface area contributed by atoms with Gasteiger partial charge in [0.15, 0.2) is 0 Å². The summed E-state index contributed by atoms with van der Waals surface area (Å²) < 4.78 is 17.1. The normalized spacial score (nSPS) is 9.77. The number of halogens is 1. The molecule has 0 saturated heterocycles. The SMILES string of the molecule is COC(=O)c1cc(F)ccc1CO. The Morgan fingerprint density at radius 2 is 2.31 bits per heavy atom. The fourth-order valence-corrected chi connectivity index (χ4v) is 0.987. The Kier molecular flexibility index (Phi) is 2.97. The minimum atomic E-state index is -0.649. The van der Waals surface area contributed by atoms with E-state index >= 15 is 0 Å². The van der Waals surface area contributed by atoms with Crippen molar-refractivity contribution in [3.63, 3.8) is 0 Å². The Balaban J connectivity index is 3.15. The van der Waals surface area contributed by atoms with Crippen molar-refractivity contribution in [2.75, 3.05) is 7.11 Å². The highest BCUT2D eigenvalue weighted by molar-refractivity contribution is 5.90. The summed E-state index contributed by atoms with van der Waals surface area (Å²) in [4.78, 5) is 11.0. The van der Waals surface area contributed by atoms with E-state index in [0.29, 0.717) is 5.56 Å². The molecule has 0 aromatic heterocycles. The van der Waals surface area contributed by atoms with Crippen LogP contribution in [0.4, 0.5) is 4.39 Å². The molecule has 0 aliphatic rings. The first-order chi connectivity index (χ1) is 6.19. The number of hydrogen-bond donors (Lipinski definition) is 1. The van der Waals surface area contributed by atoms with Gasteiger partial charge in [0, 0.05) is 0 Å². The van der Waals surface area contributed by atoms with Crippen LogP contribution in [0.25, 0.3) is 0 Å². The molecule has 0 aliphatic carbocycles. The zero-order valence-corrected chi connectivity index (χ0v) is 7.08. The third-order valence-corrected chi connectivity index (χ3v) is 1.65. The van der Waals surface area contributed by atoms with Crippen LogP contribution in [0.1, 0.15) is 15.9 Å². The van der Waals surface area contributed by atoms with Crippen LogP contribution in [0.2, 0.25) is 0 Å². The summed E-state index contributed by atoms with van der Waals surface area (Å²) >= 11 is 0. The molecule has 1 aromatic carbocycles. The Morgan fingerprint density at radius 1 is 1.62 bits per heavy atom. The van der Waals surface area contributed by atoms with Gasteiger partial charge in [0.25, 0.3) is 0 Å². The highest BCUT2D eigenvalue weighted by Crippen LogP contribution is 2.12. The van der Waals surface area contributed by atoms with E-state index in [1.54, 1.807) is 0 Å². The molecule has 0 heterocycles. The van der Waals surface area contributed by atoms with E-state index < -0.39 is 11.8 Å². The molecule has 0 atom stereocenters. The van der Waals surface area contributed by atoms with Crippen LogP contribution in [0.5, 0.6) is 0 Å². The summed E-state index contributed by atoms with van der Waals surface area (Å²) in [6.45, 7) is -0.315. The summed E-state index contributed by atoms with van der Waals surface area (Å²) in [7, 11) is 1.20.